The van der Waals surface area contributed by atoms with Gasteiger partial charge in [0.2, 0.25) is 5.95 Å². The topological polar surface area (TPSA) is 42.2 Å². The number of anilines is 1. The molecule has 0 unspecified atom stereocenters. The van der Waals surface area contributed by atoms with Gasteiger partial charge >= 0.3 is 0 Å². The summed E-state index contributed by atoms with van der Waals surface area (Å²) >= 11 is 1.83. The van der Waals surface area contributed by atoms with Crippen LogP contribution in [0.25, 0.3) is 5.65 Å². The summed E-state index contributed by atoms with van der Waals surface area (Å²) in [6.07, 6.45) is 2.11. The summed E-state index contributed by atoms with van der Waals surface area (Å²) in [4.78, 5) is 4.44. The molecule has 0 aliphatic carbocycles. The molecule has 2 aromatic heterocycles. The molecule has 0 bridgehead atoms. The summed E-state index contributed by atoms with van der Waals surface area (Å²) in [6.45, 7) is 7.28. The molecular weight excluding hydrogens is 232 g/mol. The van der Waals surface area contributed by atoms with Crippen molar-refractivity contribution in [3.8, 4) is 0 Å². The molecule has 0 atom stereocenters. The molecule has 2 aromatic rings. The molecular formula is C12H18N4S. The van der Waals surface area contributed by atoms with Crippen molar-refractivity contribution in [2.75, 3.05) is 18.1 Å². The van der Waals surface area contributed by atoms with Crippen molar-refractivity contribution in [1.82, 2.24) is 14.6 Å². The van der Waals surface area contributed by atoms with Crippen molar-refractivity contribution in [3.05, 3.63) is 23.9 Å². The van der Waals surface area contributed by atoms with Gasteiger partial charge in [0.05, 0.1) is 0 Å². The number of hydrogen-bond donors (Lipinski definition) is 1. The minimum Gasteiger partial charge on any atom is -0.352 e. The molecule has 0 aliphatic rings. The van der Waals surface area contributed by atoms with Gasteiger partial charge in [-0.3, -0.25) is 0 Å². The van der Waals surface area contributed by atoms with Crippen molar-refractivity contribution < 1.29 is 0 Å². The lowest BCUT2D eigenvalue weighted by Gasteiger charge is -2.21. The van der Waals surface area contributed by atoms with Crippen LogP contribution >= 0.6 is 11.8 Å². The van der Waals surface area contributed by atoms with Gasteiger partial charge < -0.3 is 5.32 Å². The van der Waals surface area contributed by atoms with Gasteiger partial charge in [-0.1, -0.05) is 6.07 Å². The molecule has 0 amide bonds. The summed E-state index contributed by atoms with van der Waals surface area (Å²) in [6, 6.07) is 5.98. The van der Waals surface area contributed by atoms with Crippen LogP contribution in [0.3, 0.4) is 0 Å². The third kappa shape index (κ3) is 2.72. The molecule has 0 fully saturated rings. The van der Waals surface area contributed by atoms with Gasteiger partial charge in [-0.25, -0.2) is 4.52 Å². The Morgan fingerprint density at radius 3 is 2.82 bits per heavy atom. The molecule has 0 aromatic carbocycles. The van der Waals surface area contributed by atoms with Crippen LogP contribution in [0, 0.1) is 6.92 Å². The van der Waals surface area contributed by atoms with E-state index in [0.717, 1.165) is 17.9 Å². The van der Waals surface area contributed by atoms with Crippen LogP contribution in [0.1, 0.15) is 19.5 Å². The van der Waals surface area contributed by atoms with Gasteiger partial charge in [-0.15, -0.1) is 5.10 Å². The number of rotatable bonds is 4. The fraction of sp³-hybridized carbons (Fsp3) is 0.500. The molecule has 2 heterocycles. The zero-order valence-electron chi connectivity index (χ0n) is 10.7. The Morgan fingerprint density at radius 1 is 1.41 bits per heavy atom. The van der Waals surface area contributed by atoms with Gasteiger partial charge in [0.15, 0.2) is 5.65 Å². The molecule has 0 aliphatic heterocycles. The predicted octanol–water partition coefficient (Wildman–Crippen LogP) is 2.59. The van der Waals surface area contributed by atoms with Crippen LogP contribution in [0.5, 0.6) is 0 Å². The smallest absolute Gasteiger partial charge is 0.243 e. The van der Waals surface area contributed by atoms with Crippen molar-refractivity contribution in [1.29, 1.82) is 0 Å². The highest BCUT2D eigenvalue weighted by Gasteiger charge is 2.16. The highest BCUT2D eigenvalue weighted by molar-refractivity contribution is 7.99. The van der Waals surface area contributed by atoms with Crippen molar-refractivity contribution in [2.45, 2.75) is 25.5 Å². The number of thioether (sulfide) groups is 1. The molecule has 92 valence electrons. The highest BCUT2D eigenvalue weighted by Crippen LogP contribution is 2.21. The number of hydrogen-bond acceptors (Lipinski definition) is 4. The first-order valence-corrected chi connectivity index (χ1v) is 6.86. The van der Waals surface area contributed by atoms with E-state index >= 15 is 0 Å². The van der Waals surface area contributed by atoms with E-state index in [2.05, 4.69) is 35.5 Å². The maximum absolute atomic E-state index is 4.44. The molecule has 0 spiro atoms. The Bertz CT molecular complexity index is 518. The number of fused-ring (bicyclic) bond motifs is 1. The lowest BCUT2D eigenvalue weighted by atomic mass is 10.2. The maximum Gasteiger partial charge on any atom is 0.243 e. The minimum atomic E-state index is 0.187. The van der Waals surface area contributed by atoms with E-state index in [1.807, 2.05) is 41.4 Å². The van der Waals surface area contributed by atoms with Crippen LogP contribution in [-0.2, 0) is 0 Å². The first-order chi connectivity index (χ1) is 8.02. The van der Waals surface area contributed by atoms with Gasteiger partial charge in [0, 0.05) is 17.0 Å². The van der Waals surface area contributed by atoms with Gasteiger partial charge in [-0.2, -0.15) is 16.7 Å². The Morgan fingerprint density at radius 2 is 2.18 bits per heavy atom. The average molecular weight is 250 g/mol. The van der Waals surface area contributed by atoms with Crippen LogP contribution < -0.4 is 5.32 Å². The highest BCUT2D eigenvalue weighted by atomic mass is 32.2. The van der Waals surface area contributed by atoms with Gasteiger partial charge in [0.25, 0.3) is 0 Å². The zero-order chi connectivity index (χ0) is 12.5. The van der Waals surface area contributed by atoms with Crippen molar-refractivity contribution in [2.24, 2.45) is 0 Å². The van der Waals surface area contributed by atoms with Crippen molar-refractivity contribution >= 4 is 23.4 Å². The molecule has 0 radical (unpaired) electrons. The maximum atomic E-state index is 4.44. The first-order valence-electron chi connectivity index (χ1n) is 5.63. The van der Waals surface area contributed by atoms with E-state index < -0.39 is 0 Å². The number of nitrogens with zero attached hydrogens (tertiary/aromatic N) is 3. The summed E-state index contributed by atoms with van der Waals surface area (Å²) in [5, 5.41) is 7.72. The van der Waals surface area contributed by atoms with E-state index in [1.54, 1.807) is 0 Å². The normalized spacial score (nSPS) is 12.0. The van der Waals surface area contributed by atoms with Gasteiger partial charge in [0.1, 0.15) is 0 Å². The van der Waals surface area contributed by atoms with E-state index in [4.69, 9.17) is 0 Å². The first kappa shape index (κ1) is 12.2. The van der Waals surface area contributed by atoms with E-state index in [1.165, 1.54) is 0 Å². The van der Waals surface area contributed by atoms with E-state index in [-0.39, 0.29) is 4.75 Å². The Labute approximate surface area is 106 Å². The minimum absolute atomic E-state index is 0.187. The molecule has 2 rings (SSSR count). The number of nitrogens with one attached hydrogen (secondary N) is 1. The molecule has 1 N–H and O–H groups in total. The fourth-order valence-electron chi connectivity index (χ4n) is 1.47. The van der Waals surface area contributed by atoms with Crippen LogP contribution in [0.2, 0.25) is 0 Å². The third-order valence-corrected chi connectivity index (χ3v) is 4.02. The quantitative estimate of drug-likeness (QED) is 0.905. The van der Waals surface area contributed by atoms with Crippen LogP contribution in [0.4, 0.5) is 5.95 Å². The van der Waals surface area contributed by atoms with Crippen molar-refractivity contribution in [3.63, 3.8) is 0 Å². The van der Waals surface area contributed by atoms with E-state index in [9.17, 15) is 0 Å². The van der Waals surface area contributed by atoms with Gasteiger partial charge in [-0.05, 0) is 39.2 Å². The standard InChI is InChI=1S/C12H18N4S/c1-9-6-5-7-10-14-11(15-16(9)10)13-8-12(2,3)17-4/h5-7H,8H2,1-4H3,(H,13,15). The number of aryl methyl sites for hydroxylation is 1. The van der Waals surface area contributed by atoms with E-state index in [0.29, 0.717) is 5.95 Å². The summed E-state index contributed by atoms with van der Waals surface area (Å²) < 4.78 is 2.04. The lowest BCUT2D eigenvalue weighted by Crippen LogP contribution is -2.26. The molecule has 17 heavy (non-hydrogen) atoms. The predicted molar refractivity (Wildman–Crippen MR) is 73.8 cm³/mol. The molecule has 5 heteroatoms. The largest absolute Gasteiger partial charge is 0.352 e. The monoisotopic (exact) mass is 250 g/mol. The molecule has 0 saturated carbocycles. The van der Waals surface area contributed by atoms with Crippen LogP contribution in [-0.4, -0.2) is 32.1 Å². The number of aromatic nitrogens is 3. The summed E-state index contributed by atoms with van der Waals surface area (Å²) in [5.41, 5.74) is 1.97. The SMILES string of the molecule is CSC(C)(C)CNc1nc2cccc(C)n2n1. The third-order valence-electron chi connectivity index (χ3n) is 2.77. The summed E-state index contributed by atoms with van der Waals surface area (Å²) in [5.74, 6) is 0.696. The second-order valence-corrected chi connectivity index (χ2v) is 6.20. The average Bonchev–Trinajstić information content (AvgIpc) is 2.71. The summed E-state index contributed by atoms with van der Waals surface area (Å²) in [7, 11) is 0. The Kier molecular flexibility index (Phi) is 3.28. The Hall–Kier alpha value is -1.23. The molecule has 4 nitrogen and oxygen atoms in total. The Balaban J connectivity index is 2.18. The zero-order valence-corrected chi connectivity index (χ0v) is 11.5. The lowest BCUT2D eigenvalue weighted by molar-refractivity contribution is 0.745. The number of pyridine rings is 1. The fourth-order valence-corrected chi connectivity index (χ4v) is 1.69. The van der Waals surface area contributed by atoms with Crippen LogP contribution in [0.15, 0.2) is 18.2 Å². The second-order valence-electron chi connectivity index (χ2n) is 4.69. The molecule has 0 saturated heterocycles. The second kappa shape index (κ2) is 4.56.